The minimum Gasteiger partial charge on any atom is -0.399 e. The molecular formula is C15H13F3N2O. The number of nitrogens with two attached hydrogens (primary N) is 1. The molecule has 0 unspecified atom stereocenters. The van der Waals surface area contributed by atoms with Crippen LogP contribution in [0.5, 0.6) is 0 Å². The number of hydrogen-bond acceptors (Lipinski definition) is 2. The lowest BCUT2D eigenvalue weighted by Crippen LogP contribution is -2.13. The molecule has 0 heterocycles. The molecule has 0 spiro atoms. The van der Waals surface area contributed by atoms with Gasteiger partial charge in [-0.2, -0.15) is 13.2 Å². The van der Waals surface area contributed by atoms with Crippen molar-refractivity contribution in [1.29, 1.82) is 0 Å². The van der Waals surface area contributed by atoms with E-state index in [1.54, 1.807) is 19.1 Å². The molecule has 0 fully saturated rings. The monoisotopic (exact) mass is 294 g/mol. The molecule has 21 heavy (non-hydrogen) atoms. The lowest BCUT2D eigenvalue weighted by atomic mass is 10.1. The standard InChI is InChI=1S/C15H13F3N2O/c1-9-5-10(7-12(19)6-9)14(21)20-13-4-2-3-11(8-13)15(16,17)18/h2-8H,19H2,1H3,(H,20,21). The maximum atomic E-state index is 12.6. The molecule has 6 heteroatoms. The summed E-state index contributed by atoms with van der Waals surface area (Å²) in [6, 6.07) is 9.24. The molecule has 3 nitrogen and oxygen atoms in total. The zero-order valence-corrected chi connectivity index (χ0v) is 11.2. The number of halogens is 3. The van der Waals surface area contributed by atoms with Crippen LogP contribution in [0.15, 0.2) is 42.5 Å². The van der Waals surface area contributed by atoms with E-state index in [1.165, 1.54) is 18.2 Å². The number of hydrogen-bond donors (Lipinski definition) is 2. The van der Waals surface area contributed by atoms with Crippen LogP contribution in [0.1, 0.15) is 21.5 Å². The van der Waals surface area contributed by atoms with Crippen LogP contribution in [0.3, 0.4) is 0 Å². The van der Waals surface area contributed by atoms with Gasteiger partial charge in [0.05, 0.1) is 5.56 Å². The van der Waals surface area contributed by atoms with Gasteiger partial charge >= 0.3 is 6.18 Å². The molecular weight excluding hydrogens is 281 g/mol. The van der Waals surface area contributed by atoms with E-state index in [2.05, 4.69) is 5.32 Å². The smallest absolute Gasteiger partial charge is 0.399 e. The Morgan fingerprint density at radius 1 is 1.14 bits per heavy atom. The number of anilines is 2. The molecule has 0 aliphatic carbocycles. The number of alkyl halides is 3. The fourth-order valence-corrected chi connectivity index (χ4v) is 1.92. The lowest BCUT2D eigenvalue weighted by Gasteiger charge is -2.10. The fourth-order valence-electron chi connectivity index (χ4n) is 1.92. The van der Waals surface area contributed by atoms with E-state index in [-0.39, 0.29) is 5.69 Å². The van der Waals surface area contributed by atoms with E-state index in [0.29, 0.717) is 11.3 Å². The summed E-state index contributed by atoms with van der Waals surface area (Å²) in [4.78, 5) is 12.0. The maximum Gasteiger partial charge on any atom is 0.416 e. The molecule has 1 amide bonds. The number of nitrogens with one attached hydrogen (secondary N) is 1. The van der Waals surface area contributed by atoms with Crippen LogP contribution in [0.2, 0.25) is 0 Å². The SMILES string of the molecule is Cc1cc(N)cc(C(=O)Nc2cccc(C(F)(F)F)c2)c1. The Morgan fingerprint density at radius 3 is 2.48 bits per heavy atom. The second kappa shape index (κ2) is 5.47. The molecule has 2 aromatic carbocycles. The van der Waals surface area contributed by atoms with Gasteiger partial charge in [-0.05, 0) is 48.9 Å². The summed E-state index contributed by atoms with van der Waals surface area (Å²) in [6.07, 6.45) is -4.45. The number of benzene rings is 2. The van der Waals surface area contributed by atoms with Gasteiger partial charge in [-0.15, -0.1) is 0 Å². The summed E-state index contributed by atoms with van der Waals surface area (Å²) in [5, 5.41) is 2.43. The lowest BCUT2D eigenvalue weighted by molar-refractivity contribution is -0.137. The summed E-state index contributed by atoms with van der Waals surface area (Å²) < 4.78 is 37.8. The first kappa shape index (κ1) is 14.9. The first-order valence-electron chi connectivity index (χ1n) is 6.11. The van der Waals surface area contributed by atoms with E-state index in [0.717, 1.165) is 17.7 Å². The third-order valence-corrected chi connectivity index (χ3v) is 2.81. The number of carbonyl (C=O) groups is 1. The van der Waals surface area contributed by atoms with Gasteiger partial charge in [0.1, 0.15) is 0 Å². The number of nitrogen functional groups attached to an aromatic ring is 1. The average molecular weight is 294 g/mol. The van der Waals surface area contributed by atoms with Gasteiger partial charge in [-0.3, -0.25) is 4.79 Å². The molecule has 0 radical (unpaired) electrons. The zero-order chi connectivity index (χ0) is 15.6. The second-order valence-electron chi connectivity index (χ2n) is 4.67. The molecule has 3 N–H and O–H groups in total. The molecule has 0 saturated carbocycles. The Balaban J connectivity index is 2.23. The molecule has 2 aromatic rings. The van der Waals surface area contributed by atoms with Gasteiger partial charge in [0, 0.05) is 16.9 Å². The Bertz CT molecular complexity index is 661. The minimum atomic E-state index is -4.45. The summed E-state index contributed by atoms with van der Waals surface area (Å²) in [7, 11) is 0. The van der Waals surface area contributed by atoms with E-state index < -0.39 is 17.6 Å². The van der Waals surface area contributed by atoms with E-state index in [1.807, 2.05) is 0 Å². The molecule has 0 aliphatic rings. The maximum absolute atomic E-state index is 12.6. The van der Waals surface area contributed by atoms with E-state index in [9.17, 15) is 18.0 Å². The van der Waals surface area contributed by atoms with Crippen LogP contribution in [0, 0.1) is 6.92 Å². The van der Waals surface area contributed by atoms with Crippen molar-refractivity contribution >= 4 is 17.3 Å². The van der Waals surface area contributed by atoms with Crippen LogP contribution in [-0.2, 0) is 6.18 Å². The summed E-state index contributed by atoms with van der Waals surface area (Å²) in [5.74, 6) is -0.510. The van der Waals surface area contributed by atoms with E-state index in [4.69, 9.17) is 5.73 Å². The fraction of sp³-hybridized carbons (Fsp3) is 0.133. The Morgan fingerprint density at radius 2 is 1.86 bits per heavy atom. The van der Waals surface area contributed by atoms with Gasteiger partial charge < -0.3 is 11.1 Å². The first-order chi connectivity index (χ1) is 9.75. The molecule has 0 aromatic heterocycles. The normalized spacial score (nSPS) is 11.2. The van der Waals surface area contributed by atoms with Gasteiger partial charge in [-0.25, -0.2) is 0 Å². The van der Waals surface area contributed by atoms with Crippen LogP contribution in [-0.4, -0.2) is 5.91 Å². The molecule has 110 valence electrons. The average Bonchev–Trinajstić information content (AvgIpc) is 2.37. The number of rotatable bonds is 2. The Labute approximate surface area is 119 Å². The number of carbonyl (C=O) groups excluding carboxylic acids is 1. The second-order valence-corrected chi connectivity index (χ2v) is 4.67. The van der Waals surface area contributed by atoms with Gasteiger partial charge in [0.15, 0.2) is 0 Å². The van der Waals surface area contributed by atoms with Gasteiger partial charge in [0.2, 0.25) is 0 Å². The minimum absolute atomic E-state index is 0.0786. The number of amides is 1. The third kappa shape index (κ3) is 3.75. The van der Waals surface area contributed by atoms with Gasteiger partial charge in [0.25, 0.3) is 5.91 Å². The van der Waals surface area contributed by atoms with Crippen molar-refractivity contribution < 1.29 is 18.0 Å². The topological polar surface area (TPSA) is 55.1 Å². The molecule has 2 rings (SSSR count). The predicted octanol–water partition coefficient (Wildman–Crippen LogP) is 3.85. The Kier molecular flexibility index (Phi) is 3.88. The first-order valence-corrected chi connectivity index (χ1v) is 6.11. The highest BCUT2D eigenvalue weighted by molar-refractivity contribution is 6.04. The molecule has 0 aliphatic heterocycles. The summed E-state index contributed by atoms with van der Waals surface area (Å²) in [5.41, 5.74) is 6.42. The molecule has 0 saturated heterocycles. The quantitative estimate of drug-likeness (QED) is 0.827. The Hall–Kier alpha value is -2.50. The summed E-state index contributed by atoms with van der Waals surface area (Å²) >= 11 is 0. The molecule has 0 bridgehead atoms. The zero-order valence-electron chi connectivity index (χ0n) is 11.2. The summed E-state index contributed by atoms with van der Waals surface area (Å²) in [6.45, 7) is 1.78. The van der Waals surface area contributed by atoms with Crippen molar-refractivity contribution in [2.75, 3.05) is 11.1 Å². The highest BCUT2D eigenvalue weighted by Gasteiger charge is 2.30. The van der Waals surface area contributed by atoms with Crippen molar-refractivity contribution in [3.05, 3.63) is 59.2 Å². The van der Waals surface area contributed by atoms with Crippen molar-refractivity contribution in [2.24, 2.45) is 0 Å². The molecule has 0 atom stereocenters. The van der Waals surface area contributed by atoms with Crippen molar-refractivity contribution in [3.63, 3.8) is 0 Å². The van der Waals surface area contributed by atoms with Crippen LogP contribution < -0.4 is 11.1 Å². The largest absolute Gasteiger partial charge is 0.416 e. The predicted molar refractivity (Wildman–Crippen MR) is 75.0 cm³/mol. The van der Waals surface area contributed by atoms with Crippen molar-refractivity contribution in [1.82, 2.24) is 0 Å². The van der Waals surface area contributed by atoms with Crippen LogP contribution >= 0.6 is 0 Å². The van der Waals surface area contributed by atoms with Crippen LogP contribution in [0.4, 0.5) is 24.5 Å². The van der Waals surface area contributed by atoms with Gasteiger partial charge in [-0.1, -0.05) is 6.07 Å². The van der Waals surface area contributed by atoms with Crippen molar-refractivity contribution in [2.45, 2.75) is 13.1 Å². The van der Waals surface area contributed by atoms with Crippen molar-refractivity contribution in [3.8, 4) is 0 Å². The third-order valence-electron chi connectivity index (χ3n) is 2.81. The highest BCUT2D eigenvalue weighted by Crippen LogP contribution is 2.30. The number of aryl methyl sites for hydroxylation is 1. The highest BCUT2D eigenvalue weighted by atomic mass is 19.4. The van der Waals surface area contributed by atoms with Crippen LogP contribution in [0.25, 0.3) is 0 Å². The van der Waals surface area contributed by atoms with E-state index >= 15 is 0 Å².